The highest BCUT2D eigenvalue weighted by Gasteiger charge is 2.30. The molecule has 154 valence electrons. The Balaban J connectivity index is 0.00000240. The van der Waals surface area contributed by atoms with Gasteiger partial charge in [0.25, 0.3) is 5.91 Å². The van der Waals surface area contributed by atoms with Crippen LogP contribution in [0, 0.1) is 0 Å². The zero-order valence-corrected chi connectivity index (χ0v) is 17.0. The molecule has 2 amide bonds. The van der Waals surface area contributed by atoms with E-state index in [9.17, 15) is 9.59 Å². The molecule has 7 heteroatoms. The zero-order chi connectivity index (χ0) is 19.3. The molecule has 2 atom stereocenters. The smallest absolute Gasteiger partial charge is 0.254 e. The predicted octanol–water partition coefficient (Wildman–Crippen LogP) is 3.01. The van der Waals surface area contributed by atoms with Crippen molar-refractivity contribution in [2.45, 2.75) is 24.9 Å². The number of morpholine rings is 1. The summed E-state index contributed by atoms with van der Waals surface area (Å²) in [5.41, 5.74) is 2.49. The van der Waals surface area contributed by atoms with E-state index in [1.54, 1.807) is 24.3 Å². The first kappa shape index (κ1) is 21.3. The number of nitrogens with one attached hydrogen (secondary N) is 2. The normalized spacial score (nSPS) is 21.3. The Kier molecular flexibility index (Phi) is 7.25. The first-order valence-electron chi connectivity index (χ1n) is 9.80. The van der Waals surface area contributed by atoms with Crippen LogP contribution < -0.4 is 10.6 Å². The number of benzene rings is 2. The van der Waals surface area contributed by atoms with Crippen LogP contribution in [0.5, 0.6) is 0 Å². The van der Waals surface area contributed by atoms with Crippen LogP contribution in [0.3, 0.4) is 0 Å². The maximum atomic E-state index is 13.0. The molecule has 0 saturated carbocycles. The van der Waals surface area contributed by atoms with E-state index in [1.165, 1.54) is 5.56 Å². The Bertz CT molecular complexity index is 823. The van der Waals surface area contributed by atoms with Crippen LogP contribution in [0.4, 0.5) is 5.69 Å². The number of anilines is 1. The predicted molar refractivity (Wildman–Crippen MR) is 114 cm³/mol. The van der Waals surface area contributed by atoms with Gasteiger partial charge < -0.3 is 20.3 Å². The summed E-state index contributed by atoms with van der Waals surface area (Å²) in [7, 11) is 0. The lowest BCUT2D eigenvalue weighted by Gasteiger charge is -2.25. The largest absolute Gasteiger partial charge is 0.378 e. The molecule has 2 unspecified atom stereocenters. The van der Waals surface area contributed by atoms with E-state index in [-0.39, 0.29) is 36.3 Å². The standard InChI is InChI=1S/C22H25N3O3.ClH/c26-21(19-15-28-14-12-23-19)24-18-10-8-17(9-11-18)22(27)25-13-4-7-20(25)16-5-2-1-3-6-16;/h1-3,5-6,8-11,19-20,23H,4,7,12-15H2,(H,24,26);1H. The van der Waals surface area contributed by atoms with Crippen molar-refractivity contribution in [1.82, 2.24) is 10.2 Å². The molecule has 2 aliphatic rings. The molecule has 2 aliphatic heterocycles. The maximum Gasteiger partial charge on any atom is 0.254 e. The van der Waals surface area contributed by atoms with Crippen LogP contribution in [-0.2, 0) is 9.53 Å². The summed E-state index contributed by atoms with van der Waals surface area (Å²) in [5, 5.41) is 6.00. The number of carbonyl (C=O) groups excluding carboxylic acids is 2. The third-order valence-corrected chi connectivity index (χ3v) is 5.34. The second-order valence-corrected chi connectivity index (χ2v) is 7.22. The number of halogens is 1. The molecule has 0 spiro atoms. The monoisotopic (exact) mass is 415 g/mol. The van der Waals surface area contributed by atoms with Crippen LogP contribution in [0.2, 0.25) is 0 Å². The van der Waals surface area contributed by atoms with E-state index in [1.807, 2.05) is 23.1 Å². The van der Waals surface area contributed by atoms with Gasteiger partial charge in [-0.1, -0.05) is 30.3 Å². The zero-order valence-electron chi connectivity index (χ0n) is 16.2. The number of likely N-dealkylation sites (tertiary alicyclic amines) is 1. The molecule has 0 aromatic heterocycles. The van der Waals surface area contributed by atoms with Crippen LogP contribution in [-0.4, -0.2) is 49.1 Å². The fourth-order valence-corrected chi connectivity index (χ4v) is 3.86. The molecule has 0 aliphatic carbocycles. The molecule has 2 aromatic rings. The van der Waals surface area contributed by atoms with Gasteiger partial charge in [-0.2, -0.15) is 0 Å². The highest BCUT2D eigenvalue weighted by Crippen LogP contribution is 2.33. The minimum Gasteiger partial charge on any atom is -0.378 e. The second kappa shape index (κ2) is 9.87. The number of hydrogen-bond donors (Lipinski definition) is 2. The molecule has 4 rings (SSSR count). The minimum atomic E-state index is -0.341. The molecule has 0 radical (unpaired) electrons. The summed E-state index contributed by atoms with van der Waals surface area (Å²) in [6, 6.07) is 17.1. The molecule has 0 bridgehead atoms. The lowest BCUT2D eigenvalue weighted by atomic mass is 10.0. The molecule has 2 N–H and O–H groups in total. The minimum absolute atomic E-state index is 0. The number of nitrogens with zero attached hydrogens (tertiary/aromatic N) is 1. The van der Waals surface area contributed by atoms with Gasteiger partial charge in [-0.15, -0.1) is 12.4 Å². The first-order chi connectivity index (χ1) is 13.7. The van der Waals surface area contributed by atoms with E-state index < -0.39 is 0 Å². The summed E-state index contributed by atoms with van der Waals surface area (Å²) in [6.07, 6.45) is 2.00. The Hall–Kier alpha value is -2.41. The van der Waals surface area contributed by atoms with Crippen molar-refractivity contribution in [2.75, 3.05) is 31.6 Å². The molecule has 2 saturated heterocycles. The third kappa shape index (κ3) is 4.96. The van der Waals surface area contributed by atoms with Crippen molar-refractivity contribution >= 4 is 29.9 Å². The van der Waals surface area contributed by atoms with E-state index in [4.69, 9.17) is 4.74 Å². The van der Waals surface area contributed by atoms with Crippen LogP contribution in [0.1, 0.15) is 34.8 Å². The Morgan fingerprint density at radius 2 is 1.83 bits per heavy atom. The quantitative estimate of drug-likeness (QED) is 0.805. The highest BCUT2D eigenvalue weighted by molar-refractivity contribution is 5.97. The van der Waals surface area contributed by atoms with Crippen LogP contribution >= 0.6 is 12.4 Å². The van der Waals surface area contributed by atoms with Gasteiger partial charge in [-0.05, 0) is 42.7 Å². The SMILES string of the molecule is Cl.O=C(Nc1ccc(C(=O)N2CCCC2c2ccccc2)cc1)C1COCCN1. The molecular formula is C22H26ClN3O3. The van der Waals surface area contributed by atoms with Gasteiger partial charge in [0.1, 0.15) is 6.04 Å². The molecule has 2 heterocycles. The average Bonchev–Trinajstić information content (AvgIpc) is 3.25. The van der Waals surface area contributed by atoms with Crippen molar-refractivity contribution in [1.29, 1.82) is 0 Å². The number of amides is 2. The van der Waals surface area contributed by atoms with Crippen LogP contribution in [0.15, 0.2) is 54.6 Å². The first-order valence-corrected chi connectivity index (χ1v) is 9.80. The molecule has 2 aromatic carbocycles. The summed E-state index contributed by atoms with van der Waals surface area (Å²) in [6.45, 7) is 2.44. The molecule has 29 heavy (non-hydrogen) atoms. The fourth-order valence-electron chi connectivity index (χ4n) is 3.86. The molecular weight excluding hydrogens is 390 g/mol. The van der Waals surface area contributed by atoms with Gasteiger partial charge in [0.15, 0.2) is 0 Å². The van der Waals surface area contributed by atoms with Gasteiger partial charge in [-0.25, -0.2) is 0 Å². The van der Waals surface area contributed by atoms with E-state index in [0.717, 1.165) is 19.4 Å². The van der Waals surface area contributed by atoms with Gasteiger partial charge in [0.2, 0.25) is 5.91 Å². The van der Waals surface area contributed by atoms with Crippen molar-refractivity contribution in [3.8, 4) is 0 Å². The van der Waals surface area contributed by atoms with Gasteiger partial charge in [-0.3, -0.25) is 9.59 Å². The Morgan fingerprint density at radius 1 is 1.07 bits per heavy atom. The molecule has 6 nitrogen and oxygen atoms in total. The summed E-state index contributed by atoms with van der Waals surface area (Å²) in [5.74, 6) is -0.0889. The third-order valence-electron chi connectivity index (χ3n) is 5.34. The Morgan fingerprint density at radius 3 is 2.52 bits per heavy atom. The lowest BCUT2D eigenvalue weighted by Crippen LogP contribution is -2.48. The van der Waals surface area contributed by atoms with E-state index >= 15 is 0 Å². The van der Waals surface area contributed by atoms with Crippen LogP contribution in [0.25, 0.3) is 0 Å². The van der Waals surface area contributed by atoms with Crippen molar-refractivity contribution < 1.29 is 14.3 Å². The van der Waals surface area contributed by atoms with Gasteiger partial charge in [0.05, 0.1) is 19.3 Å². The topological polar surface area (TPSA) is 70.7 Å². The van der Waals surface area contributed by atoms with Crippen molar-refractivity contribution in [3.05, 3.63) is 65.7 Å². The summed E-state index contributed by atoms with van der Waals surface area (Å²) in [4.78, 5) is 27.2. The lowest BCUT2D eigenvalue weighted by molar-refractivity contribution is -0.120. The Labute approximate surface area is 177 Å². The average molecular weight is 416 g/mol. The highest BCUT2D eigenvalue weighted by atomic mass is 35.5. The van der Waals surface area contributed by atoms with Gasteiger partial charge in [0, 0.05) is 24.3 Å². The van der Waals surface area contributed by atoms with E-state index in [0.29, 0.717) is 31.0 Å². The maximum absolute atomic E-state index is 13.0. The number of hydrogen-bond acceptors (Lipinski definition) is 4. The second-order valence-electron chi connectivity index (χ2n) is 7.22. The summed E-state index contributed by atoms with van der Waals surface area (Å²) >= 11 is 0. The van der Waals surface area contributed by atoms with E-state index in [2.05, 4.69) is 22.8 Å². The van der Waals surface area contributed by atoms with Crippen molar-refractivity contribution in [3.63, 3.8) is 0 Å². The number of ether oxygens (including phenoxy) is 1. The van der Waals surface area contributed by atoms with Gasteiger partial charge >= 0.3 is 0 Å². The number of carbonyl (C=O) groups is 2. The number of rotatable bonds is 4. The molecule has 2 fully saturated rings. The van der Waals surface area contributed by atoms with Crippen molar-refractivity contribution in [2.24, 2.45) is 0 Å². The fraction of sp³-hybridized carbons (Fsp3) is 0.364. The summed E-state index contributed by atoms with van der Waals surface area (Å²) < 4.78 is 5.32.